The lowest BCUT2D eigenvalue weighted by molar-refractivity contribution is -0.134. The lowest BCUT2D eigenvalue weighted by Gasteiger charge is -2.40. The van der Waals surface area contributed by atoms with E-state index < -0.39 is 5.60 Å². The van der Waals surface area contributed by atoms with Crippen LogP contribution < -0.4 is 0 Å². The number of carbonyl (C=O) groups is 2. The Labute approximate surface area is 135 Å². The van der Waals surface area contributed by atoms with Crippen molar-refractivity contribution in [1.29, 1.82) is 0 Å². The third kappa shape index (κ3) is 4.47. The van der Waals surface area contributed by atoms with E-state index in [4.69, 9.17) is 4.74 Å². The molecular formula is C16H24N2O3S. The smallest absolute Gasteiger partial charge is 0.410 e. The first-order valence-electron chi connectivity index (χ1n) is 7.55. The molecule has 2 amide bonds. The number of thiophene rings is 1. The van der Waals surface area contributed by atoms with Crippen LogP contribution in [0.3, 0.4) is 0 Å². The largest absolute Gasteiger partial charge is 0.444 e. The topological polar surface area (TPSA) is 49.9 Å². The average molecular weight is 324 g/mol. The van der Waals surface area contributed by atoms with Gasteiger partial charge in [-0.05, 0) is 50.1 Å². The Bertz CT molecular complexity index is 522. The summed E-state index contributed by atoms with van der Waals surface area (Å²) in [6.45, 7) is 9.14. The number of ether oxygens (including phenoxy) is 1. The second kappa shape index (κ2) is 6.69. The highest BCUT2D eigenvalue weighted by atomic mass is 32.1. The Morgan fingerprint density at radius 2 is 2.09 bits per heavy atom. The maximum atomic E-state index is 12.4. The van der Waals surface area contributed by atoms with Gasteiger partial charge in [0, 0.05) is 25.7 Å². The van der Waals surface area contributed by atoms with E-state index >= 15 is 0 Å². The quantitative estimate of drug-likeness (QED) is 0.840. The highest BCUT2D eigenvalue weighted by Gasteiger charge is 2.31. The molecule has 0 N–H and O–H groups in total. The van der Waals surface area contributed by atoms with Gasteiger partial charge < -0.3 is 14.5 Å². The molecule has 122 valence electrons. The fraction of sp³-hybridized carbons (Fsp3) is 0.625. The normalized spacial score (nSPS) is 19.2. The van der Waals surface area contributed by atoms with Gasteiger partial charge in [0.25, 0.3) is 0 Å². The number of hydrogen-bond donors (Lipinski definition) is 0. The van der Waals surface area contributed by atoms with Crippen LogP contribution in [0.25, 0.3) is 0 Å². The SMILES string of the molecule is CC1CN(C(=O)OC(C)(C)C)CCN1C(=O)Cc1ccsc1. The van der Waals surface area contributed by atoms with E-state index in [-0.39, 0.29) is 18.0 Å². The standard InChI is InChI=1S/C16H24N2O3S/c1-12-10-17(15(20)21-16(2,3)4)6-7-18(12)14(19)9-13-5-8-22-11-13/h5,8,11-12H,6-7,9-10H2,1-4H3. The molecule has 1 fully saturated rings. The maximum Gasteiger partial charge on any atom is 0.410 e. The zero-order valence-corrected chi connectivity index (χ0v) is 14.5. The second-order valence-corrected chi connectivity index (χ2v) is 7.45. The van der Waals surface area contributed by atoms with Gasteiger partial charge in [0.1, 0.15) is 5.60 Å². The zero-order valence-electron chi connectivity index (χ0n) is 13.7. The van der Waals surface area contributed by atoms with E-state index in [1.54, 1.807) is 16.2 Å². The lowest BCUT2D eigenvalue weighted by atomic mass is 10.1. The first-order valence-corrected chi connectivity index (χ1v) is 8.49. The summed E-state index contributed by atoms with van der Waals surface area (Å²) in [7, 11) is 0. The van der Waals surface area contributed by atoms with Crippen LogP contribution in [0.2, 0.25) is 0 Å². The van der Waals surface area contributed by atoms with Crippen LogP contribution in [0.1, 0.15) is 33.3 Å². The van der Waals surface area contributed by atoms with E-state index in [0.29, 0.717) is 26.1 Å². The highest BCUT2D eigenvalue weighted by molar-refractivity contribution is 7.07. The first kappa shape index (κ1) is 16.8. The Balaban J connectivity index is 1.89. The monoisotopic (exact) mass is 324 g/mol. The fourth-order valence-corrected chi connectivity index (χ4v) is 3.16. The Morgan fingerprint density at radius 1 is 1.36 bits per heavy atom. The van der Waals surface area contributed by atoms with Crippen LogP contribution >= 0.6 is 11.3 Å². The number of carbonyl (C=O) groups excluding carboxylic acids is 2. The van der Waals surface area contributed by atoms with Crippen molar-refractivity contribution in [3.8, 4) is 0 Å². The minimum atomic E-state index is -0.494. The van der Waals surface area contributed by atoms with E-state index in [9.17, 15) is 9.59 Å². The van der Waals surface area contributed by atoms with Crippen molar-refractivity contribution in [1.82, 2.24) is 9.80 Å². The predicted molar refractivity (Wildman–Crippen MR) is 87.0 cm³/mol. The molecule has 0 bridgehead atoms. The van der Waals surface area contributed by atoms with Crippen LogP contribution in [0.15, 0.2) is 16.8 Å². The minimum absolute atomic E-state index is 0.00686. The van der Waals surface area contributed by atoms with Gasteiger partial charge in [0.2, 0.25) is 5.91 Å². The molecule has 0 saturated carbocycles. The van der Waals surface area contributed by atoms with Crippen LogP contribution in [-0.4, -0.2) is 53.1 Å². The molecule has 6 heteroatoms. The van der Waals surface area contributed by atoms with Gasteiger partial charge in [-0.2, -0.15) is 11.3 Å². The van der Waals surface area contributed by atoms with Crippen molar-refractivity contribution in [2.24, 2.45) is 0 Å². The molecule has 2 heterocycles. The number of amides is 2. The van der Waals surface area contributed by atoms with Gasteiger partial charge in [-0.3, -0.25) is 4.79 Å². The number of nitrogens with zero attached hydrogens (tertiary/aromatic N) is 2. The van der Waals surface area contributed by atoms with Gasteiger partial charge >= 0.3 is 6.09 Å². The summed E-state index contributed by atoms with van der Waals surface area (Å²) in [5, 5.41) is 3.98. The first-order chi connectivity index (χ1) is 10.3. The Kier molecular flexibility index (Phi) is 5.11. The van der Waals surface area contributed by atoms with E-state index in [0.717, 1.165) is 5.56 Å². The number of rotatable bonds is 2. The molecule has 0 spiro atoms. The maximum absolute atomic E-state index is 12.4. The van der Waals surface area contributed by atoms with Gasteiger partial charge in [-0.1, -0.05) is 0 Å². The zero-order chi connectivity index (χ0) is 16.3. The van der Waals surface area contributed by atoms with Crippen molar-refractivity contribution in [2.75, 3.05) is 19.6 Å². The Hall–Kier alpha value is -1.56. The number of hydrogen-bond acceptors (Lipinski definition) is 4. The van der Waals surface area contributed by atoms with E-state index in [2.05, 4.69) is 0 Å². The summed E-state index contributed by atoms with van der Waals surface area (Å²) >= 11 is 1.60. The Morgan fingerprint density at radius 3 is 2.64 bits per heavy atom. The van der Waals surface area contributed by atoms with Crippen molar-refractivity contribution < 1.29 is 14.3 Å². The third-order valence-electron chi connectivity index (χ3n) is 3.53. The molecule has 1 atom stereocenters. The second-order valence-electron chi connectivity index (χ2n) is 6.67. The molecule has 1 unspecified atom stereocenters. The van der Waals surface area contributed by atoms with Crippen molar-refractivity contribution in [2.45, 2.75) is 45.8 Å². The summed E-state index contributed by atoms with van der Waals surface area (Å²) in [4.78, 5) is 28.0. The van der Waals surface area contributed by atoms with Crippen LogP contribution in [0.4, 0.5) is 4.79 Å². The molecule has 1 aliphatic heterocycles. The van der Waals surface area contributed by atoms with Gasteiger partial charge in [0.05, 0.1) is 6.42 Å². The molecule has 1 aromatic rings. The van der Waals surface area contributed by atoms with Crippen LogP contribution in [0.5, 0.6) is 0 Å². The molecule has 22 heavy (non-hydrogen) atoms. The molecule has 5 nitrogen and oxygen atoms in total. The summed E-state index contributed by atoms with van der Waals surface area (Å²) in [5.41, 5.74) is 0.559. The molecule has 2 rings (SSSR count). The van der Waals surface area contributed by atoms with Gasteiger partial charge in [-0.25, -0.2) is 4.79 Å². The fourth-order valence-electron chi connectivity index (χ4n) is 2.49. The number of piperazine rings is 1. The van der Waals surface area contributed by atoms with E-state index in [1.807, 2.05) is 49.4 Å². The summed E-state index contributed by atoms with van der Waals surface area (Å²) < 4.78 is 5.39. The van der Waals surface area contributed by atoms with Gasteiger partial charge in [0.15, 0.2) is 0 Å². The highest BCUT2D eigenvalue weighted by Crippen LogP contribution is 2.16. The molecule has 1 aromatic heterocycles. The molecule has 0 aromatic carbocycles. The molecule has 1 saturated heterocycles. The molecular weight excluding hydrogens is 300 g/mol. The van der Waals surface area contributed by atoms with Crippen molar-refractivity contribution in [3.63, 3.8) is 0 Å². The summed E-state index contributed by atoms with van der Waals surface area (Å²) in [5.74, 6) is 0.120. The molecule has 1 aliphatic rings. The van der Waals surface area contributed by atoms with Crippen molar-refractivity contribution in [3.05, 3.63) is 22.4 Å². The predicted octanol–water partition coefficient (Wildman–Crippen LogP) is 2.76. The summed E-state index contributed by atoms with van der Waals surface area (Å²) in [6, 6.07) is 1.98. The molecule has 0 radical (unpaired) electrons. The van der Waals surface area contributed by atoms with Crippen LogP contribution in [-0.2, 0) is 16.0 Å². The average Bonchev–Trinajstić information content (AvgIpc) is 2.89. The third-order valence-corrected chi connectivity index (χ3v) is 4.27. The summed E-state index contributed by atoms with van der Waals surface area (Å²) in [6.07, 6.45) is 0.129. The molecule has 0 aliphatic carbocycles. The van der Waals surface area contributed by atoms with Crippen molar-refractivity contribution >= 4 is 23.3 Å². The van der Waals surface area contributed by atoms with E-state index in [1.165, 1.54) is 0 Å². The van der Waals surface area contributed by atoms with Gasteiger partial charge in [-0.15, -0.1) is 0 Å². The van der Waals surface area contributed by atoms with Crippen LogP contribution in [0, 0.1) is 0 Å². The lowest BCUT2D eigenvalue weighted by Crippen LogP contribution is -2.56. The minimum Gasteiger partial charge on any atom is -0.444 e.